The highest BCUT2D eigenvalue weighted by Crippen LogP contribution is 1.89. The summed E-state index contributed by atoms with van der Waals surface area (Å²) in [6, 6.07) is 0. The lowest BCUT2D eigenvalue weighted by Gasteiger charge is -2.00. The molecule has 0 radical (unpaired) electrons. The third-order valence-corrected chi connectivity index (χ3v) is 0.677. The number of rotatable bonds is 4. The van der Waals surface area contributed by atoms with Gasteiger partial charge in [-0.1, -0.05) is 13.2 Å². The Bertz CT molecular complexity index is 88.7. The maximum atomic E-state index is 9.62. The molecular formula is C6H8O2. The van der Waals surface area contributed by atoms with Gasteiger partial charge in [-0.05, 0) is 12.2 Å². The zero-order valence-corrected chi connectivity index (χ0v) is 4.54. The van der Waals surface area contributed by atoms with Crippen LogP contribution in [0.4, 0.5) is 0 Å². The second-order valence-corrected chi connectivity index (χ2v) is 1.17. The smallest absolute Gasteiger partial charge is 0.293 e. The third kappa shape index (κ3) is 2.18. The Morgan fingerprint density at radius 2 is 1.88 bits per heavy atom. The van der Waals surface area contributed by atoms with Gasteiger partial charge in [-0.15, -0.1) is 0 Å². The van der Waals surface area contributed by atoms with Crippen LogP contribution in [0.15, 0.2) is 25.3 Å². The van der Waals surface area contributed by atoms with E-state index < -0.39 is 0 Å². The Kier molecular flexibility index (Phi) is 3.58. The highest BCUT2D eigenvalue weighted by atomic mass is 16.5. The van der Waals surface area contributed by atoms with Crippen molar-refractivity contribution in [3.63, 3.8) is 0 Å². The summed E-state index contributed by atoms with van der Waals surface area (Å²) in [7, 11) is 0. The molecule has 0 aromatic carbocycles. The van der Waals surface area contributed by atoms with Crippen molar-refractivity contribution in [2.24, 2.45) is 0 Å². The van der Waals surface area contributed by atoms with Crippen LogP contribution in [-0.2, 0) is 9.53 Å². The van der Waals surface area contributed by atoms with E-state index in [2.05, 4.69) is 17.9 Å². The van der Waals surface area contributed by atoms with Crippen LogP contribution in [0.3, 0.4) is 0 Å². The number of carbonyl (C=O) groups excluding carboxylic acids is 1. The molecule has 2 nitrogen and oxygen atoms in total. The maximum Gasteiger partial charge on any atom is 0.293 e. The first-order valence-corrected chi connectivity index (χ1v) is 2.19. The van der Waals surface area contributed by atoms with Crippen LogP contribution in [0.25, 0.3) is 0 Å². The van der Waals surface area contributed by atoms with Crippen molar-refractivity contribution < 1.29 is 9.53 Å². The Balaban J connectivity index is 3.50. The molecule has 8 heavy (non-hydrogen) atoms. The predicted molar refractivity (Wildman–Crippen MR) is 31.3 cm³/mol. The Morgan fingerprint density at radius 1 is 1.38 bits per heavy atom. The monoisotopic (exact) mass is 112 g/mol. The van der Waals surface area contributed by atoms with Gasteiger partial charge in [0, 0.05) is 0 Å². The van der Waals surface area contributed by atoms with Crippen LogP contribution in [0, 0.1) is 0 Å². The van der Waals surface area contributed by atoms with Crippen molar-refractivity contribution in [1.82, 2.24) is 0 Å². The molecule has 0 aliphatic rings. The topological polar surface area (TPSA) is 26.3 Å². The summed E-state index contributed by atoms with van der Waals surface area (Å²) in [6.07, 6.45) is 2.63. The molecule has 0 fully saturated rings. The van der Waals surface area contributed by atoms with E-state index in [9.17, 15) is 4.79 Å². The van der Waals surface area contributed by atoms with Crippen molar-refractivity contribution in [2.45, 2.75) is 6.10 Å². The molecule has 0 aromatic heterocycles. The normalized spacial score (nSPS) is 8.12. The average Bonchev–Trinajstić information content (AvgIpc) is 1.83. The molecule has 0 saturated heterocycles. The fraction of sp³-hybridized carbons (Fsp3) is 0.167. The van der Waals surface area contributed by atoms with Crippen LogP contribution < -0.4 is 0 Å². The maximum absolute atomic E-state index is 9.62. The summed E-state index contributed by atoms with van der Waals surface area (Å²) < 4.78 is 4.42. The van der Waals surface area contributed by atoms with E-state index in [4.69, 9.17) is 0 Å². The first kappa shape index (κ1) is 6.95. The molecule has 0 N–H and O–H groups in total. The van der Waals surface area contributed by atoms with Crippen LogP contribution >= 0.6 is 0 Å². The largest absolute Gasteiger partial charge is 0.456 e. The number of hydrogen-bond donors (Lipinski definition) is 0. The molecule has 0 unspecified atom stereocenters. The van der Waals surface area contributed by atoms with Gasteiger partial charge in [-0.2, -0.15) is 0 Å². The molecule has 44 valence electrons. The summed E-state index contributed by atoms with van der Waals surface area (Å²) in [5.41, 5.74) is 0. The Labute approximate surface area is 48.5 Å². The minimum atomic E-state index is -0.340. The van der Waals surface area contributed by atoms with E-state index in [-0.39, 0.29) is 6.10 Å². The Hall–Kier alpha value is -1.05. The van der Waals surface area contributed by atoms with Crippen molar-refractivity contribution in [1.29, 1.82) is 0 Å². The second-order valence-electron chi connectivity index (χ2n) is 1.17. The van der Waals surface area contributed by atoms with E-state index >= 15 is 0 Å². The Morgan fingerprint density at radius 3 is 2.00 bits per heavy atom. The first-order chi connectivity index (χ1) is 3.85. The molecule has 0 heterocycles. The molecule has 0 rings (SSSR count). The molecule has 0 spiro atoms. The third-order valence-electron chi connectivity index (χ3n) is 0.677. The van der Waals surface area contributed by atoms with Crippen LogP contribution in [0.1, 0.15) is 0 Å². The molecule has 0 saturated carbocycles. The van der Waals surface area contributed by atoms with Gasteiger partial charge in [0.25, 0.3) is 6.47 Å². The number of carbonyl (C=O) groups is 1. The lowest BCUT2D eigenvalue weighted by atomic mass is 10.3. The van der Waals surface area contributed by atoms with Crippen molar-refractivity contribution in [3.8, 4) is 0 Å². The quantitative estimate of drug-likeness (QED) is 0.399. The zero-order chi connectivity index (χ0) is 6.41. The molecule has 0 aliphatic carbocycles. The molecule has 0 amide bonds. The van der Waals surface area contributed by atoms with Gasteiger partial charge < -0.3 is 4.74 Å². The van der Waals surface area contributed by atoms with Crippen molar-refractivity contribution in [3.05, 3.63) is 25.3 Å². The van der Waals surface area contributed by atoms with Gasteiger partial charge in [0.05, 0.1) is 0 Å². The van der Waals surface area contributed by atoms with Crippen molar-refractivity contribution >= 4 is 6.47 Å². The molecule has 2 heteroatoms. The average molecular weight is 112 g/mol. The molecular weight excluding hydrogens is 104 g/mol. The summed E-state index contributed by atoms with van der Waals surface area (Å²) >= 11 is 0. The second kappa shape index (κ2) is 4.12. The lowest BCUT2D eigenvalue weighted by molar-refractivity contribution is -0.129. The van der Waals surface area contributed by atoms with Gasteiger partial charge in [-0.25, -0.2) is 0 Å². The van der Waals surface area contributed by atoms with E-state index in [1.54, 1.807) is 0 Å². The van der Waals surface area contributed by atoms with Gasteiger partial charge in [-0.3, -0.25) is 4.79 Å². The SMILES string of the molecule is C=CC(C=C)OC=O. The van der Waals surface area contributed by atoms with E-state index in [1.165, 1.54) is 12.2 Å². The van der Waals surface area contributed by atoms with Crippen LogP contribution in [-0.4, -0.2) is 12.6 Å². The van der Waals surface area contributed by atoms with E-state index in [0.29, 0.717) is 6.47 Å². The summed E-state index contributed by atoms with van der Waals surface area (Å²) in [4.78, 5) is 9.62. The molecule has 0 bridgehead atoms. The summed E-state index contributed by atoms with van der Waals surface area (Å²) in [5.74, 6) is 0. The standard InChI is InChI=1S/C6H8O2/c1-3-6(4-2)8-5-7/h3-6H,1-2H2. The highest BCUT2D eigenvalue weighted by molar-refractivity contribution is 5.38. The van der Waals surface area contributed by atoms with Crippen molar-refractivity contribution in [2.75, 3.05) is 0 Å². The van der Waals surface area contributed by atoms with Gasteiger partial charge in [0.15, 0.2) is 0 Å². The predicted octanol–water partition coefficient (Wildman–Crippen LogP) is 0.900. The lowest BCUT2D eigenvalue weighted by Crippen LogP contribution is -2.02. The van der Waals surface area contributed by atoms with Gasteiger partial charge in [0.1, 0.15) is 6.10 Å². The van der Waals surface area contributed by atoms with E-state index in [1.807, 2.05) is 0 Å². The zero-order valence-electron chi connectivity index (χ0n) is 4.54. The highest BCUT2D eigenvalue weighted by Gasteiger charge is 1.92. The minimum Gasteiger partial charge on any atom is -0.456 e. The molecule has 0 aliphatic heterocycles. The molecule has 0 aromatic rings. The first-order valence-electron chi connectivity index (χ1n) is 2.19. The minimum absolute atomic E-state index is 0.340. The van der Waals surface area contributed by atoms with Gasteiger partial charge in [0.2, 0.25) is 0 Å². The van der Waals surface area contributed by atoms with E-state index in [0.717, 1.165) is 0 Å². The number of ether oxygens (including phenoxy) is 1. The van der Waals surface area contributed by atoms with Gasteiger partial charge >= 0.3 is 0 Å². The fourth-order valence-electron chi connectivity index (χ4n) is 0.271. The summed E-state index contributed by atoms with van der Waals surface area (Å²) in [5, 5.41) is 0. The van der Waals surface area contributed by atoms with Crippen LogP contribution in [0.5, 0.6) is 0 Å². The molecule has 0 atom stereocenters. The summed E-state index contributed by atoms with van der Waals surface area (Å²) in [6.45, 7) is 7.16. The number of hydrogen-bond acceptors (Lipinski definition) is 2. The van der Waals surface area contributed by atoms with Crippen LogP contribution in [0.2, 0.25) is 0 Å². The fourth-order valence-corrected chi connectivity index (χ4v) is 0.271.